The van der Waals surface area contributed by atoms with E-state index in [-0.39, 0.29) is 24.0 Å². The van der Waals surface area contributed by atoms with E-state index in [1.54, 1.807) is 32.4 Å². The number of hydrogen-bond donors (Lipinski definition) is 1. The number of ether oxygens (including phenoxy) is 2. The van der Waals surface area contributed by atoms with E-state index in [4.69, 9.17) is 9.47 Å². The lowest BCUT2D eigenvalue weighted by molar-refractivity contribution is 0.0210. The molecule has 1 heterocycles. The van der Waals surface area contributed by atoms with Gasteiger partial charge in [-0.15, -0.1) is 0 Å². The van der Waals surface area contributed by atoms with Crippen LogP contribution in [-0.2, 0) is 0 Å². The minimum Gasteiger partial charge on any atom is -0.497 e. The molecule has 0 unspecified atom stereocenters. The molecule has 132 valence electrons. The quantitative estimate of drug-likeness (QED) is 0.920. The Hall–Kier alpha value is -1.75. The number of aliphatic hydroxyl groups excluding tert-OH is 1. The van der Waals surface area contributed by atoms with Gasteiger partial charge in [0.1, 0.15) is 11.5 Å². The second-order valence-electron chi connectivity index (χ2n) is 6.79. The molecule has 0 radical (unpaired) electrons. The average molecular weight is 333 g/mol. The van der Waals surface area contributed by atoms with Crippen molar-refractivity contribution in [2.45, 2.75) is 50.7 Å². The molecule has 2 fully saturated rings. The third kappa shape index (κ3) is 3.22. The number of methoxy groups -OCH3 is 2. The first-order chi connectivity index (χ1) is 11.7. The summed E-state index contributed by atoms with van der Waals surface area (Å²) >= 11 is 0. The van der Waals surface area contributed by atoms with Crippen LogP contribution < -0.4 is 9.47 Å². The molecule has 3 rings (SSSR count). The SMILES string of the molecule is COc1ccc(C(=O)N2CCC[C@@H]2[C@H]2CCCC[C@H]2O)c(OC)c1. The number of carbonyl (C=O) groups is 1. The van der Waals surface area contributed by atoms with Gasteiger partial charge in [-0.25, -0.2) is 0 Å². The van der Waals surface area contributed by atoms with Gasteiger partial charge >= 0.3 is 0 Å². The van der Waals surface area contributed by atoms with E-state index in [0.29, 0.717) is 17.1 Å². The van der Waals surface area contributed by atoms with E-state index in [0.717, 1.165) is 45.1 Å². The molecule has 5 heteroatoms. The molecule has 1 N–H and O–H groups in total. The summed E-state index contributed by atoms with van der Waals surface area (Å²) in [6, 6.07) is 5.44. The highest BCUT2D eigenvalue weighted by Gasteiger charge is 2.39. The predicted molar refractivity (Wildman–Crippen MR) is 91.6 cm³/mol. The third-order valence-corrected chi connectivity index (χ3v) is 5.47. The molecule has 2 aliphatic rings. The number of amides is 1. The van der Waals surface area contributed by atoms with Crippen LogP contribution in [0.1, 0.15) is 48.9 Å². The molecule has 1 saturated heterocycles. The van der Waals surface area contributed by atoms with Crippen LogP contribution in [0.2, 0.25) is 0 Å². The van der Waals surface area contributed by atoms with Crippen molar-refractivity contribution < 1.29 is 19.4 Å². The molecule has 5 nitrogen and oxygen atoms in total. The van der Waals surface area contributed by atoms with Crippen molar-refractivity contribution in [2.24, 2.45) is 5.92 Å². The van der Waals surface area contributed by atoms with Crippen molar-refractivity contribution in [3.8, 4) is 11.5 Å². The van der Waals surface area contributed by atoms with Gasteiger partial charge in [-0.3, -0.25) is 4.79 Å². The van der Waals surface area contributed by atoms with Gasteiger partial charge in [-0.1, -0.05) is 12.8 Å². The lowest BCUT2D eigenvalue weighted by atomic mass is 9.80. The number of carbonyl (C=O) groups excluding carboxylic acids is 1. The molecule has 1 aliphatic heterocycles. The Bertz CT molecular complexity index is 589. The number of rotatable bonds is 4. The van der Waals surface area contributed by atoms with Gasteiger partial charge in [0, 0.05) is 24.6 Å². The van der Waals surface area contributed by atoms with Crippen molar-refractivity contribution in [1.29, 1.82) is 0 Å². The van der Waals surface area contributed by atoms with E-state index in [1.165, 1.54) is 0 Å². The van der Waals surface area contributed by atoms with Gasteiger partial charge in [0.25, 0.3) is 5.91 Å². The van der Waals surface area contributed by atoms with E-state index < -0.39 is 0 Å². The van der Waals surface area contributed by atoms with Gasteiger partial charge < -0.3 is 19.5 Å². The smallest absolute Gasteiger partial charge is 0.257 e. The Morgan fingerprint density at radius 2 is 1.92 bits per heavy atom. The largest absolute Gasteiger partial charge is 0.497 e. The molecule has 1 saturated carbocycles. The topological polar surface area (TPSA) is 59.0 Å². The zero-order valence-corrected chi connectivity index (χ0v) is 14.5. The van der Waals surface area contributed by atoms with Crippen LogP contribution in [0.3, 0.4) is 0 Å². The number of hydrogen-bond acceptors (Lipinski definition) is 4. The van der Waals surface area contributed by atoms with Crippen LogP contribution in [0.4, 0.5) is 0 Å². The summed E-state index contributed by atoms with van der Waals surface area (Å²) in [7, 11) is 3.16. The van der Waals surface area contributed by atoms with Crippen molar-refractivity contribution in [3.63, 3.8) is 0 Å². The van der Waals surface area contributed by atoms with Gasteiger partial charge in [-0.05, 0) is 37.8 Å². The summed E-state index contributed by atoms with van der Waals surface area (Å²) in [4.78, 5) is 15.1. The number of benzene rings is 1. The van der Waals surface area contributed by atoms with E-state index in [1.807, 2.05) is 4.90 Å². The lowest BCUT2D eigenvalue weighted by Crippen LogP contribution is -2.45. The molecule has 24 heavy (non-hydrogen) atoms. The maximum absolute atomic E-state index is 13.1. The van der Waals surface area contributed by atoms with E-state index in [2.05, 4.69) is 0 Å². The van der Waals surface area contributed by atoms with Crippen molar-refractivity contribution in [2.75, 3.05) is 20.8 Å². The molecule has 1 aromatic carbocycles. The van der Waals surface area contributed by atoms with Gasteiger partial charge in [0.2, 0.25) is 0 Å². The molecular weight excluding hydrogens is 306 g/mol. The second kappa shape index (κ2) is 7.43. The van der Waals surface area contributed by atoms with Gasteiger partial charge in [0.05, 0.1) is 25.9 Å². The lowest BCUT2D eigenvalue weighted by Gasteiger charge is -2.37. The second-order valence-corrected chi connectivity index (χ2v) is 6.79. The normalized spacial score (nSPS) is 27.1. The van der Waals surface area contributed by atoms with Crippen molar-refractivity contribution in [1.82, 2.24) is 4.90 Å². The predicted octanol–water partition coefficient (Wildman–Crippen LogP) is 2.86. The number of likely N-dealkylation sites (tertiary alicyclic amines) is 1. The Morgan fingerprint density at radius 1 is 1.12 bits per heavy atom. The highest BCUT2D eigenvalue weighted by atomic mass is 16.5. The molecule has 1 aliphatic carbocycles. The molecule has 0 bridgehead atoms. The molecule has 1 amide bonds. The molecule has 0 spiro atoms. The monoisotopic (exact) mass is 333 g/mol. The first-order valence-corrected chi connectivity index (χ1v) is 8.86. The molecular formula is C19H27NO4. The average Bonchev–Trinajstić information content (AvgIpc) is 3.10. The molecule has 3 atom stereocenters. The van der Waals surface area contributed by atoms with E-state index >= 15 is 0 Å². The minimum atomic E-state index is -0.282. The standard InChI is InChI=1S/C19H27NO4/c1-23-13-9-10-15(18(12-13)24-2)19(22)20-11-5-7-16(20)14-6-3-4-8-17(14)21/h9-10,12,14,16-17,21H,3-8,11H2,1-2H3/t14-,16-,17-/m1/s1. The highest BCUT2D eigenvalue weighted by Crippen LogP contribution is 2.36. The highest BCUT2D eigenvalue weighted by molar-refractivity contribution is 5.97. The summed E-state index contributed by atoms with van der Waals surface area (Å²) in [5, 5.41) is 10.4. The maximum atomic E-state index is 13.1. The first-order valence-electron chi connectivity index (χ1n) is 8.86. The molecule has 0 aromatic heterocycles. The Balaban J connectivity index is 1.83. The fourth-order valence-corrected chi connectivity index (χ4v) is 4.21. The summed E-state index contributed by atoms with van der Waals surface area (Å²) < 4.78 is 10.6. The summed E-state index contributed by atoms with van der Waals surface area (Å²) in [5.74, 6) is 1.41. The maximum Gasteiger partial charge on any atom is 0.257 e. The Labute approximate surface area is 143 Å². The van der Waals surface area contributed by atoms with Crippen molar-refractivity contribution in [3.05, 3.63) is 23.8 Å². The first kappa shape index (κ1) is 17.1. The Morgan fingerprint density at radius 3 is 2.62 bits per heavy atom. The Kier molecular flexibility index (Phi) is 5.29. The van der Waals surface area contributed by atoms with Crippen LogP contribution in [-0.4, -0.2) is 48.8 Å². The summed E-state index contributed by atoms with van der Waals surface area (Å²) in [6.45, 7) is 0.752. The van der Waals surface area contributed by atoms with Crippen molar-refractivity contribution >= 4 is 5.91 Å². The van der Waals surface area contributed by atoms with Gasteiger partial charge in [0.15, 0.2) is 0 Å². The van der Waals surface area contributed by atoms with Crippen LogP contribution in [0, 0.1) is 5.92 Å². The summed E-state index contributed by atoms with van der Waals surface area (Å²) in [6.07, 6.45) is 5.79. The molecule has 1 aromatic rings. The fraction of sp³-hybridized carbons (Fsp3) is 0.632. The summed E-state index contributed by atoms with van der Waals surface area (Å²) in [5.41, 5.74) is 0.565. The van der Waals surface area contributed by atoms with Gasteiger partial charge in [-0.2, -0.15) is 0 Å². The fourth-order valence-electron chi connectivity index (χ4n) is 4.21. The van der Waals surface area contributed by atoms with Crippen LogP contribution in [0.15, 0.2) is 18.2 Å². The number of aliphatic hydroxyl groups is 1. The van der Waals surface area contributed by atoms with Crippen LogP contribution >= 0.6 is 0 Å². The minimum absolute atomic E-state index is 0.00484. The van der Waals surface area contributed by atoms with E-state index in [9.17, 15) is 9.90 Å². The zero-order chi connectivity index (χ0) is 17.1. The van der Waals surface area contributed by atoms with Crippen LogP contribution in [0.5, 0.6) is 11.5 Å². The number of nitrogens with zero attached hydrogens (tertiary/aromatic N) is 1. The third-order valence-electron chi connectivity index (χ3n) is 5.47. The van der Waals surface area contributed by atoms with Crippen LogP contribution in [0.25, 0.3) is 0 Å². The zero-order valence-electron chi connectivity index (χ0n) is 14.5.